The molecule has 0 amide bonds. The molecule has 10 heavy (non-hydrogen) atoms. The second-order valence-corrected chi connectivity index (χ2v) is 4.05. The van der Waals surface area contributed by atoms with Gasteiger partial charge in [-0.05, 0) is 0 Å². The smallest absolute Gasteiger partial charge is 0.195 e. The van der Waals surface area contributed by atoms with Gasteiger partial charge in [0.15, 0.2) is 0 Å². The molecular weight excluding hydrogens is 312 g/mol. The van der Waals surface area contributed by atoms with E-state index in [9.17, 15) is 0 Å². The zero-order chi connectivity index (χ0) is 4.50. The van der Waals surface area contributed by atoms with Crippen LogP contribution in [0.5, 0.6) is 0 Å². The highest BCUT2D eigenvalue weighted by atomic mass is 36.0. The average molecular weight is 317 g/mol. The number of hydrogen-bond donors (Lipinski definition) is 0. The summed E-state index contributed by atoms with van der Waals surface area (Å²) in [5, 5.41) is 0. The van der Waals surface area contributed by atoms with E-state index in [2.05, 4.69) is 21.4 Å². The fraction of sp³-hybridized carbons (Fsp3) is 0. The van der Waals surface area contributed by atoms with Gasteiger partial charge in [0.1, 0.15) is 0 Å². The van der Waals surface area contributed by atoms with Gasteiger partial charge in [0.05, 0.1) is 0 Å². The Balaban J connectivity index is -0.00000000800. The van der Waals surface area contributed by atoms with Crippen LogP contribution in [0.4, 0.5) is 0 Å². The molecule has 0 rings (SSSR count). The van der Waals surface area contributed by atoms with Crippen molar-refractivity contribution >= 4 is 91.7 Å². The molecule has 0 aliphatic rings. The quantitative estimate of drug-likeness (QED) is 0.644. The lowest BCUT2D eigenvalue weighted by atomic mass is 15.9. The molecule has 10 heteroatoms. The Morgan fingerprint density at radius 1 is 0.700 bits per heavy atom. The minimum atomic E-state index is -3.72. The molecule has 0 aliphatic heterocycles. The average Bonchev–Trinajstić information content (AvgIpc) is 0.722. The van der Waals surface area contributed by atoms with Gasteiger partial charge in [-0.3, -0.25) is 0 Å². The third-order valence-electron chi connectivity index (χ3n) is 0. The lowest BCUT2D eigenvalue weighted by Crippen LogP contribution is -1.63. The maximum Gasteiger partial charge on any atom is 0.317 e. The van der Waals surface area contributed by atoms with Gasteiger partial charge in [-0.25, -0.2) is 0 Å². The fourth-order valence-corrected chi connectivity index (χ4v) is 0. The van der Waals surface area contributed by atoms with Crippen LogP contribution in [0.25, 0.3) is 0 Å². The summed E-state index contributed by atoms with van der Waals surface area (Å²) in [4.78, 5) is 0. The Labute approximate surface area is 99.4 Å². The highest BCUT2D eigenvalue weighted by molar-refractivity contribution is 8.31. The first-order chi connectivity index (χ1) is 2.00. The maximum absolute atomic E-state index is 9.16. The first-order valence-electron chi connectivity index (χ1n) is 0.642. The van der Waals surface area contributed by atoms with Crippen molar-refractivity contribution in [3.05, 3.63) is 0 Å². The third kappa shape index (κ3) is 205. The van der Waals surface area contributed by atoms with Crippen LogP contribution < -0.4 is 0 Å². The zero-order valence-electron chi connectivity index (χ0n) is 4.02. The number of hydrogen-bond acceptors (Lipinski definition) is 2. The van der Waals surface area contributed by atoms with Crippen molar-refractivity contribution in [2.24, 2.45) is 0 Å². The van der Waals surface area contributed by atoms with E-state index in [4.69, 9.17) is 8.42 Å². The molecular formula is H5Cl7O2S. The van der Waals surface area contributed by atoms with Crippen molar-refractivity contribution in [3.63, 3.8) is 0 Å². The molecule has 0 spiro atoms. The molecule has 0 radical (unpaired) electrons. The summed E-state index contributed by atoms with van der Waals surface area (Å²) < 4.78 is 18.3. The SMILES string of the molecule is Cl.Cl.Cl.Cl.Cl.O=S(=O)(Cl)Cl. The van der Waals surface area contributed by atoms with Gasteiger partial charge in [-0.2, -0.15) is 8.42 Å². The molecule has 0 fully saturated rings. The first kappa shape index (κ1) is 40.4. The van der Waals surface area contributed by atoms with Crippen molar-refractivity contribution in [3.8, 4) is 0 Å². The van der Waals surface area contributed by atoms with Crippen LogP contribution in [0.15, 0.2) is 0 Å². The summed E-state index contributed by atoms with van der Waals surface area (Å²) in [5.74, 6) is 0. The molecule has 2 nitrogen and oxygen atoms in total. The summed E-state index contributed by atoms with van der Waals surface area (Å²) in [6, 6.07) is 0. The molecule has 0 saturated carbocycles. The highest BCUT2D eigenvalue weighted by Crippen LogP contribution is 1.98. The predicted molar refractivity (Wildman–Crippen MR) is 56.9 cm³/mol. The monoisotopic (exact) mass is 314 g/mol. The highest BCUT2D eigenvalue weighted by Gasteiger charge is 1.88. The van der Waals surface area contributed by atoms with Gasteiger partial charge in [0, 0.05) is 21.4 Å². The van der Waals surface area contributed by atoms with Crippen LogP contribution in [0.3, 0.4) is 0 Å². The molecule has 0 aliphatic carbocycles. The molecule has 0 N–H and O–H groups in total. The summed E-state index contributed by atoms with van der Waals surface area (Å²) in [7, 11) is 4.81. The van der Waals surface area contributed by atoms with E-state index in [-0.39, 0.29) is 62.0 Å². The number of halogens is 7. The van der Waals surface area contributed by atoms with Crippen molar-refractivity contribution in [2.45, 2.75) is 0 Å². The summed E-state index contributed by atoms with van der Waals surface area (Å²) in [6.07, 6.45) is 0. The molecule has 0 bridgehead atoms. The molecule has 0 atom stereocenters. The van der Waals surface area contributed by atoms with Gasteiger partial charge < -0.3 is 0 Å². The molecule has 0 heterocycles. The van der Waals surface area contributed by atoms with E-state index in [0.717, 1.165) is 0 Å². The van der Waals surface area contributed by atoms with Crippen molar-refractivity contribution in [1.29, 1.82) is 0 Å². The van der Waals surface area contributed by atoms with Crippen molar-refractivity contribution in [2.75, 3.05) is 0 Å². The van der Waals surface area contributed by atoms with E-state index in [1.54, 1.807) is 0 Å². The fourth-order valence-electron chi connectivity index (χ4n) is 0. The Hall–Kier alpha value is 1.98. The lowest BCUT2D eigenvalue weighted by Gasteiger charge is -1.61. The lowest BCUT2D eigenvalue weighted by molar-refractivity contribution is 0.621. The minimum absolute atomic E-state index is 0. The van der Waals surface area contributed by atoms with Gasteiger partial charge in [-0.1, -0.05) is 0 Å². The summed E-state index contributed by atoms with van der Waals surface area (Å²) in [5.41, 5.74) is 0. The van der Waals surface area contributed by atoms with E-state index < -0.39 is 8.26 Å². The topological polar surface area (TPSA) is 34.1 Å². The first-order valence-corrected chi connectivity index (χ1v) is 3.78. The van der Waals surface area contributed by atoms with Crippen LogP contribution in [0.1, 0.15) is 0 Å². The third-order valence-corrected chi connectivity index (χ3v) is 0. The van der Waals surface area contributed by atoms with Gasteiger partial charge in [-0.15, -0.1) is 62.0 Å². The predicted octanol–water partition coefficient (Wildman–Crippen LogP) is 2.82. The molecule has 0 unspecified atom stereocenters. The van der Waals surface area contributed by atoms with Gasteiger partial charge in [0.2, 0.25) is 0 Å². The summed E-state index contributed by atoms with van der Waals surface area (Å²) >= 11 is 0. The molecule has 0 aromatic heterocycles. The molecule has 0 aromatic rings. The minimum Gasteiger partial charge on any atom is -0.195 e. The van der Waals surface area contributed by atoms with E-state index in [0.29, 0.717) is 0 Å². The Morgan fingerprint density at radius 2 is 0.700 bits per heavy atom. The molecule has 72 valence electrons. The Morgan fingerprint density at radius 3 is 0.700 bits per heavy atom. The van der Waals surface area contributed by atoms with Crippen LogP contribution in [-0.4, -0.2) is 8.42 Å². The second-order valence-electron chi connectivity index (χ2n) is 0.378. The van der Waals surface area contributed by atoms with Crippen molar-refractivity contribution in [1.82, 2.24) is 0 Å². The van der Waals surface area contributed by atoms with Crippen LogP contribution in [0, 0.1) is 0 Å². The van der Waals surface area contributed by atoms with Gasteiger partial charge in [0.25, 0.3) is 0 Å². The van der Waals surface area contributed by atoms with Crippen LogP contribution in [0.2, 0.25) is 0 Å². The molecule has 0 saturated heterocycles. The standard InChI is InChI=1S/Cl2O2S.5ClH/c1-5(2,3)4;;;;;/h;5*1H. The zero-order valence-corrected chi connectivity index (χ0v) is 10.4. The normalized spacial score (nSPS) is 5.80. The Kier molecular flexibility index (Phi) is 69.4. The second kappa shape index (κ2) is 17.2. The van der Waals surface area contributed by atoms with Crippen molar-refractivity contribution < 1.29 is 8.42 Å². The van der Waals surface area contributed by atoms with Gasteiger partial charge >= 0.3 is 8.26 Å². The summed E-state index contributed by atoms with van der Waals surface area (Å²) in [6.45, 7) is 0. The maximum atomic E-state index is 9.16. The largest absolute Gasteiger partial charge is 0.317 e. The Bertz CT molecular complexity index is 94.8. The van der Waals surface area contributed by atoms with Crippen LogP contribution >= 0.6 is 83.4 Å². The van der Waals surface area contributed by atoms with E-state index in [1.807, 2.05) is 0 Å². The van der Waals surface area contributed by atoms with E-state index >= 15 is 0 Å². The van der Waals surface area contributed by atoms with E-state index in [1.165, 1.54) is 0 Å². The molecule has 0 aromatic carbocycles. The number of rotatable bonds is 0. The van der Waals surface area contributed by atoms with Crippen LogP contribution in [-0.2, 0) is 8.26 Å².